The van der Waals surface area contributed by atoms with Crippen LogP contribution in [0.2, 0.25) is 0 Å². The zero-order valence-corrected chi connectivity index (χ0v) is 24.4. The molecule has 0 saturated heterocycles. The number of hydrogen-bond acceptors (Lipinski definition) is 6. The number of hydrogen-bond donors (Lipinski definition) is 2. The molecule has 2 N–H and O–H groups in total. The van der Waals surface area contributed by atoms with Gasteiger partial charge in [0.15, 0.2) is 22.6 Å². The fourth-order valence-corrected chi connectivity index (χ4v) is 5.92. The number of aromatic nitrogens is 8. The molecule has 8 nitrogen and oxygen atoms in total. The maximum absolute atomic E-state index is 5.03. The fraction of sp³-hybridized carbons (Fsp3) is 0. The molecule has 5 heterocycles. The molecule has 0 fully saturated rings. The van der Waals surface area contributed by atoms with Gasteiger partial charge in [-0.05, 0) is 46.5 Å². The van der Waals surface area contributed by atoms with Gasteiger partial charge in [-0.15, -0.1) is 0 Å². The van der Waals surface area contributed by atoms with Gasteiger partial charge in [0, 0.05) is 21.5 Å². The summed E-state index contributed by atoms with van der Waals surface area (Å²) >= 11 is 0. The summed E-state index contributed by atoms with van der Waals surface area (Å²) < 4.78 is 0. The van der Waals surface area contributed by atoms with E-state index >= 15 is 0 Å². The maximum Gasteiger partial charge on any atom is 0.157 e. The predicted octanol–water partition coefficient (Wildman–Crippen LogP) is 8.65. The van der Waals surface area contributed by atoms with Crippen molar-refractivity contribution in [3.05, 3.63) is 133 Å². The Morgan fingerprint density at radius 2 is 0.565 bits per heavy atom. The molecule has 0 saturated carbocycles. The third-order valence-corrected chi connectivity index (χ3v) is 8.06. The van der Waals surface area contributed by atoms with Crippen LogP contribution in [0.1, 0.15) is 0 Å². The normalized spacial score (nSPS) is 11.5. The van der Waals surface area contributed by atoms with E-state index in [-0.39, 0.29) is 0 Å². The van der Waals surface area contributed by atoms with Crippen molar-refractivity contribution in [1.29, 1.82) is 0 Å². The zero-order chi connectivity index (χ0) is 30.5. The van der Waals surface area contributed by atoms with Crippen LogP contribution in [0.25, 0.3) is 89.0 Å². The lowest BCUT2D eigenvalue weighted by molar-refractivity contribution is 1.24. The van der Waals surface area contributed by atoms with Gasteiger partial charge in [-0.1, -0.05) is 109 Å². The molecule has 4 aromatic carbocycles. The third kappa shape index (κ3) is 4.65. The second-order valence-corrected chi connectivity index (χ2v) is 11.1. The molecule has 0 atom stereocenters. The van der Waals surface area contributed by atoms with Crippen LogP contribution < -0.4 is 0 Å². The van der Waals surface area contributed by atoms with E-state index in [9.17, 15) is 0 Å². The summed E-state index contributed by atoms with van der Waals surface area (Å²) in [6.07, 6.45) is 0. The van der Waals surface area contributed by atoms with Crippen LogP contribution in [-0.4, -0.2) is 39.9 Å². The first-order valence-corrected chi connectivity index (χ1v) is 15.0. The summed E-state index contributed by atoms with van der Waals surface area (Å²) in [5, 5.41) is 3.72. The van der Waals surface area contributed by atoms with Crippen molar-refractivity contribution in [3.63, 3.8) is 0 Å². The van der Waals surface area contributed by atoms with Crippen molar-refractivity contribution >= 4 is 66.7 Å². The third-order valence-electron chi connectivity index (χ3n) is 8.06. The summed E-state index contributed by atoms with van der Waals surface area (Å²) in [5.74, 6) is 0. The fourth-order valence-electron chi connectivity index (χ4n) is 5.92. The Morgan fingerprint density at radius 3 is 0.870 bits per heavy atom. The number of pyridine rings is 2. The average molecular weight is 593 g/mol. The Balaban J connectivity index is 1.47. The molecule has 0 aliphatic heterocycles. The smallest absolute Gasteiger partial charge is 0.157 e. The highest BCUT2D eigenvalue weighted by molar-refractivity contribution is 6.05. The Hall–Kier alpha value is -6.54. The molecule has 46 heavy (non-hydrogen) atoms. The van der Waals surface area contributed by atoms with E-state index in [0.717, 1.165) is 43.8 Å². The first-order valence-electron chi connectivity index (χ1n) is 15.0. The van der Waals surface area contributed by atoms with Gasteiger partial charge in [-0.2, -0.15) is 0 Å². The van der Waals surface area contributed by atoms with Crippen molar-refractivity contribution in [2.24, 2.45) is 0 Å². The quantitative estimate of drug-likeness (QED) is 0.208. The number of benzene rings is 4. The van der Waals surface area contributed by atoms with Gasteiger partial charge in [0.1, 0.15) is 22.6 Å². The van der Waals surface area contributed by atoms with Gasteiger partial charge in [0.05, 0.1) is 0 Å². The number of H-pyrrole nitrogens is 2. The van der Waals surface area contributed by atoms with Crippen molar-refractivity contribution in [3.8, 4) is 22.3 Å². The minimum Gasteiger partial charge on any atom is -0.324 e. The Morgan fingerprint density at radius 1 is 0.283 bits per heavy atom. The topological polar surface area (TPSA) is 109 Å². The predicted molar refractivity (Wildman–Crippen MR) is 184 cm³/mol. The highest BCUT2D eigenvalue weighted by Gasteiger charge is 2.09. The van der Waals surface area contributed by atoms with E-state index in [4.69, 9.17) is 29.9 Å². The van der Waals surface area contributed by atoms with E-state index in [1.165, 1.54) is 0 Å². The molecule has 0 radical (unpaired) electrons. The summed E-state index contributed by atoms with van der Waals surface area (Å²) in [7, 11) is 0. The number of rotatable bonds is 2. The zero-order valence-electron chi connectivity index (χ0n) is 24.4. The lowest BCUT2D eigenvalue weighted by atomic mass is 10.1. The largest absolute Gasteiger partial charge is 0.324 e. The molecule has 0 aliphatic carbocycles. The van der Waals surface area contributed by atoms with Gasteiger partial charge in [0.25, 0.3) is 0 Å². The molecular formula is C38H24N8. The molecule has 9 rings (SSSR count). The lowest BCUT2D eigenvalue weighted by Crippen LogP contribution is -1.88. The van der Waals surface area contributed by atoms with Crippen LogP contribution in [0.5, 0.6) is 0 Å². The van der Waals surface area contributed by atoms with Crippen LogP contribution in [-0.2, 0) is 0 Å². The summed E-state index contributed by atoms with van der Waals surface area (Å²) in [5.41, 5.74) is 8.74. The summed E-state index contributed by atoms with van der Waals surface area (Å²) in [6.45, 7) is 0. The Bertz CT molecular complexity index is 2370. The van der Waals surface area contributed by atoms with Gasteiger partial charge < -0.3 is 9.97 Å². The molecule has 216 valence electrons. The van der Waals surface area contributed by atoms with Crippen molar-refractivity contribution in [2.45, 2.75) is 0 Å². The molecule has 8 heteroatoms. The van der Waals surface area contributed by atoms with Crippen LogP contribution in [0.4, 0.5) is 0 Å². The van der Waals surface area contributed by atoms with Crippen LogP contribution in [0.15, 0.2) is 133 Å². The second-order valence-electron chi connectivity index (χ2n) is 11.1. The van der Waals surface area contributed by atoms with Crippen molar-refractivity contribution < 1.29 is 0 Å². The Labute approximate surface area is 261 Å². The van der Waals surface area contributed by atoms with Gasteiger partial charge >= 0.3 is 0 Å². The van der Waals surface area contributed by atoms with E-state index in [1.54, 1.807) is 0 Å². The van der Waals surface area contributed by atoms with Crippen LogP contribution in [0, 0.1) is 0 Å². The van der Waals surface area contributed by atoms with Crippen molar-refractivity contribution in [1.82, 2.24) is 39.9 Å². The standard InChI is InChI=1S/C38H24N8/c1-3-11-23(12-4-1)25-19-31-39-32(20-25)42-36-28-16-8-10-18-30(28)38(46-36)44-34-22-26(24-13-5-2-6-14-24)21-33(40-34)43-37-29-17-9-7-15-27(29)35(41-31)45-37/h1-22H,(H2,39,40,41,42,43,44,45,46). The minimum absolute atomic E-state index is 0.526. The molecule has 0 aliphatic rings. The second kappa shape index (κ2) is 10.6. The number of fused-ring (bicyclic) bond motifs is 14. The van der Waals surface area contributed by atoms with E-state index in [2.05, 4.69) is 34.2 Å². The van der Waals surface area contributed by atoms with E-state index < -0.39 is 0 Å². The molecule has 0 amide bonds. The van der Waals surface area contributed by atoms with Gasteiger partial charge in [-0.3, -0.25) is 0 Å². The average Bonchev–Trinajstić information content (AvgIpc) is 3.62. The lowest BCUT2D eigenvalue weighted by Gasteiger charge is -2.01. The monoisotopic (exact) mass is 592 g/mol. The van der Waals surface area contributed by atoms with E-state index in [1.807, 2.05) is 109 Å². The number of nitrogens with zero attached hydrogens (tertiary/aromatic N) is 6. The highest BCUT2D eigenvalue weighted by atomic mass is 15.0. The number of nitrogens with one attached hydrogen (secondary N) is 2. The Kier molecular flexibility index (Phi) is 5.95. The molecule has 9 aromatic rings. The number of aromatic amines is 2. The first kappa shape index (κ1) is 25.9. The van der Waals surface area contributed by atoms with Crippen LogP contribution >= 0.6 is 0 Å². The summed E-state index contributed by atoms with van der Waals surface area (Å²) in [4.78, 5) is 36.8. The molecule has 5 aromatic heterocycles. The maximum atomic E-state index is 5.03. The van der Waals surface area contributed by atoms with Gasteiger partial charge in [-0.25, -0.2) is 29.9 Å². The van der Waals surface area contributed by atoms with E-state index in [0.29, 0.717) is 45.2 Å². The molecule has 0 unspecified atom stereocenters. The summed E-state index contributed by atoms with van der Waals surface area (Å²) in [6, 6.07) is 44.4. The first-order chi connectivity index (χ1) is 22.7. The van der Waals surface area contributed by atoms with Crippen molar-refractivity contribution in [2.75, 3.05) is 0 Å². The molecular weight excluding hydrogens is 568 g/mol. The van der Waals surface area contributed by atoms with Gasteiger partial charge in [0.2, 0.25) is 0 Å². The molecule has 0 spiro atoms. The molecule has 8 bridgehead atoms. The highest BCUT2D eigenvalue weighted by Crippen LogP contribution is 2.27. The minimum atomic E-state index is 0.526. The van der Waals surface area contributed by atoms with Crippen LogP contribution in [0.3, 0.4) is 0 Å². The SMILES string of the molecule is c1ccc(-c2cc3nc(c2)nc2[nH]c(nc4cc(-c5ccccc5)cc(n4)nc4[nH]c(n3)c3ccccc43)c3ccccc23)cc1.